The van der Waals surface area contributed by atoms with Crippen LogP contribution in [0.15, 0.2) is 47.7 Å². The summed E-state index contributed by atoms with van der Waals surface area (Å²) in [6, 6.07) is 8.38. The predicted molar refractivity (Wildman–Crippen MR) is 92.0 cm³/mol. The third-order valence-electron chi connectivity index (χ3n) is 4.79. The molecule has 3 heterocycles. The number of nitrogens with zero attached hydrogens (tertiary/aromatic N) is 3. The van der Waals surface area contributed by atoms with Gasteiger partial charge in [-0.1, -0.05) is 18.2 Å². The topological polar surface area (TPSA) is 53.9 Å². The molecule has 4 rings (SSSR count). The lowest BCUT2D eigenvalue weighted by Crippen LogP contribution is -2.31. The fourth-order valence-corrected chi connectivity index (χ4v) is 3.54. The molecule has 2 aromatic heterocycles. The number of fused-ring (bicyclic) bond motifs is 1. The van der Waals surface area contributed by atoms with E-state index in [1.807, 2.05) is 13.0 Å². The number of H-pyrrole nitrogens is 1. The van der Waals surface area contributed by atoms with E-state index >= 15 is 0 Å². The Morgan fingerprint density at radius 1 is 1.35 bits per heavy atom. The van der Waals surface area contributed by atoms with Crippen LogP contribution in [0.3, 0.4) is 0 Å². The largest absolute Gasteiger partial charge is 0.361 e. The number of aromatic nitrogens is 3. The highest BCUT2D eigenvalue weighted by molar-refractivity contribution is 5.83. The van der Waals surface area contributed by atoms with Crippen molar-refractivity contribution < 1.29 is 0 Å². The van der Waals surface area contributed by atoms with Gasteiger partial charge in [0.05, 0.1) is 0 Å². The Morgan fingerprint density at radius 2 is 2.22 bits per heavy atom. The van der Waals surface area contributed by atoms with Crippen LogP contribution >= 0.6 is 0 Å². The summed E-state index contributed by atoms with van der Waals surface area (Å²) >= 11 is 0. The lowest BCUT2D eigenvalue weighted by Gasteiger charge is -2.17. The van der Waals surface area contributed by atoms with E-state index in [2.05, 4.69) is 39.3 Å². The van der Waals surface area contributed by atoms with E-state index in [4.69, 9.17) is 0 Å². The van der Waals surface area contributed by atoms with E-state index in [9.17, 15) is 4.79 Å². The molecule has 1 N–H and O–H groups in total. The molecule has 5 heteroatoms. The van der Waals surface area contributed by atoms with Crippen molar-refractivity contribution in [1.82, 2.24) is 14.5 Å². The van der Waals surface area contributed by atoms with Gasteiger partial charge in [0.2, 0.25) is 0 Å². The van der Waals surface area contributed by atoms with Crippen molar-refractivity contribution in [2.75, 3.05) is 18.0 Å². The molecule has 118 valence electrons. The fourth-order valence-electron chi connectivity index (χ4n) is 3.54. The van der Waals surface area contributed by atoms with E-state index in [-0.39, 0.29) is 5.56 Å². The molecule has 1 aromatic carbocycles. The minimum Gasteiger partial charge on any atom is -0.361 e. The van der Waals surface area contributed by atoms with Crippen molar-refractivity contribution in [3.63, 3.8) is 0 Å². The second kappa shape index (κ2) is 5.57. The first-order valence-electron chi connectivity index (χ1n) is 8.14. The summed E-state index contributed by atoms with van der Waals surface area (Å²) in [5, 5.41) is 1.28. The molecule has 0 radical (unpaired) electrons. The molecule has 0 bridgehead atoms. The molecular weight excluding hydrogens is 288 g/mol. The number of anilines is 1. The van der Waals surface area contributed by atoms with Crippen LogP contribution in [0.5, 0.6) is 0 Å². The van der Waals surface area contributed by atoms with Gasteiger partial charge in [0.15, 0.2) is 5.82 Å². The van der Waals surface area contributed by atoms with Gasteiger partial charge in [0.1, 0.15) is 0 Å². The summed E-state index contributed by atoms with van der Waals surface area (Å²) in [5.74, 6) is 1.01. The van der Waals surface area contributed by atoms with Gasteiger partial charge in [-0.2, -0.15) is 0 Å². The Balaban J connectivity index is 1.64. The number of nitrogens with one attached hydrogen (secondary N) is 1. The SMILES string of the molecule is CCn1ccnc(N2CC[C@H](c3c[nH]c4ccccc34)C2)c1=O. The first kappa shape index (κ1) is 14.1. The van der Waals surface area contributed by atoms with Crippen molar-refractivity contribution in [2.24, 2.45) is 0 Å². The van der Waals surface area contributed by atoms with Gasteiger partial charge in [0.25, 0.3) is 5.56 Å². The molecule has 5 nitrogen and oxygen atoms in total. The lowest BCUT2D eigenvalue weighted by atomic mass is 9.98. The molecular formula is C18H20N4O. The zero-order chi connectivity index (χ0) is 15.8. The molecule has 3 aromatic rings. The number of benzene rings is 1. The van der Waals surface area contributed by atoms with Crippen LogP contribution in [0.2, 0.25) is 0 Å². The molecule has 0 saturated carbocycles. The van der Waals surface area contributed by atoms with Gasteiger partial charge in [-0.05, 0) is 25.0 Å². The van der Waals surface area contributed by atoms with Crippen LogP contribution in [-0.2, 0) is 6.54 Å². The standard InChI is InChI=1S/C18H20N4O/c1-2-21-10-8-19-17(18(21)23)22-9-7-13(12-22)15-11-20-16-6-4-3-5-14(15)16/h3-6,8,10-11,13,20H,2,7,9,12H2,1H3/t13-/m0/s1. The smallest absolute Gasteiger partial charge is 0.293 e. The molecule has 0 amide bonds. The van der Waals surface area contributed by atoms with Crippen LogP contribution in [0.4, 0.5) is 5.82 Å². The summed E-state index contributed by atoms with van der Waals surface area (Å²) in [4.78, 5) is 22.3. The zero-order valence-electron chi connectivity index (χ0n) is 13.2. The van der Waals surface area contributed by atoms with Crippen LogP contribution in [0, 0.1) is 0 Å². The van der Waals surface area contributed by atoms with Gasteiger partial charge < -0.3 is 14.5 Å². The van der Waals surface area contributed by atoms with Crippen LogP contribution in [-0.4, -0.2) is 27.6 Å². The molecule has 1 fully saturated rings. The average molecular weight is 308 g/mol. The molecule has 1 atom stereocenters. The van der Waals surface area contributed by atoms with Gasteiger partial charge >= 0.3 is 0 Å². The highest BCUT2D eigenvalue weighted by Gasteiger charge is 2.28. The minimum atomic E-state index is 0.00887. The van der Waals surface area contributed by atoms with Crippen LogP contribution in [0.1, 0.15) is 24.8 Å². The maximum Gasteiger partial charge on any atom is 0.293 e. The van der Waals surface area contributed by atoms with Crippen LogP contribution < -0.4 is 10.5 Å². The fraction of sp³-hybridized carbons (Fsp3) is 0.333. The minimum absolute atomic E-state index is 0.00887. The summed E-state index contributed by atoms with van der Waals surface area (Å²) < 4.78 is 1.71. The third kappa shape index (κ3) is 2.32. The number of hydrogen-bond donors (Lipinski definition) is 1. The van der Waals surface area contributed by atoms with E-state index in [1.54, 1.807) is 17.0 Å². The van der Waals surface area contributed by atoms with Crippen molar-refractivity contribution in [3.05, 3.63) is 58.8 Å². The average Bonchev–Trinajstić information content (AvgIpc) is 3.21. The number of aryl methyl sites for hydroxylation is 1. The third-order valence-corrected chi connectivity index (χ3v) is 4.79. The maximum absolute atomic E-state index is 12.4. The Kier molecular flexibility index (Phi) is 3.41. The second-order valence-corrected chi connectivity index (χ2v) is 6.06. The molecule has 0 spiro atoms. The monoisotopic (exact) mass is 308 g/mol. The van der Waals surface area contributed by atoms with E-state index in [0.29, 0.717) is 18.3 Å². The number of para-hydroxylation sites is 1. The Morgan fingerprint density at radius 3 is 3.09 bits per heavy atom. The number of aromatic amines is 1. The number of hydrogen-bond acceptors (Lipinski definition) is 3. The van der Waals surface area contributed by atoms with Gasteiger partial charge in [-0.15, -0.1) is 0 Å². The van der Waals surface area contributed by atoms with Crippen molar-refractivity contribution in [2.45, 2.75) is 25.8 Å². The second-order valence-electron chi connectivity index (χ2n) is 6.06. The van der Waals surface area contributed by atoms with Crippen molar-refractivity contribution in [3.8, 4) is 0 Å². The summed E-state index contributed by atoms with van der Waals surface area (Å²) in [6.45, 7) is 4.37. The predicted octanol–water partition coefficient (Wildman–Crippen LogP) is 2.74. The number of rotatable bonds is 3. The van der Waals surface area contributed by atoms with Crippen molar-refractivity contribution in [1.29, 1.82) is 0 Å². The van der Waals surface area contributed by atoms with Crippen molar-refractivity contribution >= 4 is 16.7 Å². The molecule has 0 aliphatic carbocycles. The quantitative estimate of drug-likeness (QED) is 0.809. The lowest BCUT2D eigenvalue weighted by molar-refractivity contribution is 0.708. The summed E-state index contributed by atoms with van der Waals surface area (Å²) in [7, 11) is 0. The first-order chi connectivity index (χ1) is 11.3. The molecule has 0 unspecified atom stereocenters. The maximum atomic E-state index is 12.4. The highest BCUT2D eigenvalue weighted by atomic mass is 16.1. The normalized spacial score (nSPS) is 18.0. The van der Waals surface area contributed by atoms with E-state index < -0.39 is 0 Å². The summed E-state index contributed by atoms with van der Waals surface area (Å²) in [6.07, 6.45) is 6.63. The molecule has 1 aliphatic heterocycles. The van der Waals surface area contributed by atoms with Crippen LogP contribution in [0.25, 0.3) is 10.9 Å². The Bertz CT molecular complexity index is 895. The first-order valence-corrected chi connectivity index (χ1v) is 8.14. The molecule has 1 aliphatic rings. The highest BCUT2D eigenvalue weighted by Crippen LogP contribution is 2.33. The van der Waals surface area contributed by atoms with Gasteiger partial charge in [-0.3, -0.25) is 4.79 Å². The van der Waals surface area contributed by atoms with E-state index in [0.717, 1.165) is 19.5 Å². The Labute approximate surface area is 134 Å². The zero-order valence-corrected chi connectivity index (χ0v) is 13.2. The molecule has 1 saturated heterocycles. The summed E-state index contributed by atoms with van der Waals surface area (Å²) in [5.41, 5.74) is 2.52. The van der Waals surface area contributed by atoms with Gasteiger partial charge in [0, 0.05) is 55.0 Å². The van der Waals surface area contributed by atoms with Gasteiger partial charge in [-0.25, -0.2) is 4.98 Å². The Hall–Kier alpha value is -2.56. The van der Waals surface area contributed by atoms with E-state index in [1.165, 1.54) is 16.5 Å². The molecule has 23 heavy (non-hydrogen) atoms.